The van der Waals surface area contributed by atoms with Crippen molar-refractivity contribution in [2.45, 2.75) is 31.6 Å². The molecule has 0 saturated heterocycles. The second-order valence-electron chi connectivity index (χ2n) is 4.83. The van der Waals surface area contributed by atoms with E-state index < -0.39 is 5.97 Å². The minimum absolute atomic E-state index is 0.0993. The van der Waals surface area contributed by atoms with Gasteiger partial charge in [0.15, 0.2) is 0 Å². The van der Waals surface area contributed by atoms with E-state index in [2.05, 4.69) is 22.6 Å². The number of carboxylic acid groups (broad SMARTS) is 1. The van der Waals surface area contributed by atoms with E-state index in [1.54, 1.807) is 0 Å². The van der Waals surface area contributed by atoms with Gasteiger partial charge in [0.05, 0.1) is 16.8 Å². The zero-order valence-corrected chi connectivity index (χ0v) is 10.4. The van der Waals surface area contributed by atoms with Crippen molar-refractivity contribution in [3.05, 3.63) is 29.5 Å². The highest BCUT2D eigenvalue weighted by atomic mass is 32.1. The number of benzene rings is 1. The summed E-state index contributed by atoms with van der Waals surface area (Å²) >= 11 is 1.49. The first-order valence-corrected chi connectivity index (χ1v) is 6.46. The first-order chi connectivity index (χ1) is 8.11. The van der Waals surface area contributed by atoms with Crippen LogP contribution in [0.2, 0.25) is 0 Å². The number of aromatic nitrogens is 1. The van der Waals surface area contributed by atoms with Crippen molar-refractivity contribution in [1.29, 1.82) is 0 Å². The molecular weight excluding hydrogens is 234 g/mol. The Kier molecular flexibility index (Phi) is 2.23. The summed E-state index contributed by atoms with van der Waals surface area (Å²) in [4.78, 5) is 10.9. The third-order valence-electron chi connectivity index (χ3n) is 3.61. The molecule has 1 N–H and O–H groups in total. The minimum atomic E-state index is -0.705. The van der Waals surface area contributed by atoms with Gasteiger partial charge in [-0.2, -0.15) is 4.37 Å². The molecule has 3 nitrogen and oxygen atoms in total. The van der Waals surface area contributed by atoms with Gasteiger partial charge in [0.2, 0.25) is 0 Å². The Morgan fingerprint density at radius 3 is 2.94 bits per heavy atom. The fourth-order valence-electron chi connectivity index (χ4n) is 2.40. The number of carbonyl (C=O) groups is 1. The second-order valence-corrected chi connectivity index (χ2v) is 5.63. The Balaban J connectivity index is 2.03. The van der Waals surface area contributed by atoms with Gasteiger partial charge in [-0.05, 0) is 42.9 Å². The summed E-state index contributed by atoms with van der Waals surface area (Å²) in [6.07, 6.45) is 2.22. The lowest BCUT2D eigenvalue weighted by atomic mass is 9.92. The molecule has 0 amide bonds. The van der Waals surface area contributed by atoms with Crippen molar-refractivity contribution in [2.24, 2.45) is 0 Å². The van der Waals surface area contributed by atoms with Crippen molar-refractivity contribution in [1.82, 2.24) is 4.37 Å². The third-order valence-corrected chi connectivity index (χ3v) is 4.51. The summed E-state index contributed by atoms with van der Waals surface area (Å²) in [5.74, 6) is -0.705. The summed E-state index contributed by atoms with van der Waals surface area (Å²) in [5, 5.41) is 10.1. The van der Waals surface area contributed by atoms with Crippen LogP contribution in [0.25, 0.3) is 10.1 Å². The molecular formula is C13H13NO2S. The zero-order chi connectivity index (χ0) is 12.0. The number of hydrogen-bond acceptors (Lipinski definition) is 3. The van der Waals surface area contributed by atoms with Gasteiger partial charge in [0.25, 0.3) is 0 Å². The predicted octanol–water partition coefficient (Wildman–Crippen LogP) is 3.11. The van der Waals surface area contributed by atoms with E-state index >= 15 is 0 Å². The summed E-state index contributed by atoms with van der Waals surface area (Å²) in [6, 6.07) is 6.26. The monoisotopic (exact) mass is 247 g/mol. The van der Waals surface area contributed by atoms with E-state index in [0.717, 1.165) is 28.8 Å². The van der Waals surface area contributed by atoms with Gasteiger partial charge in [0, 0.05) is 10.8 Å². The van der Waals surface area contributed by atoms with Crippen LogP contribution < -0.4 is 0 Å². The van der Waals surface area contributed by atoms with Crippen LogP contribution >= 0.6 is 11.5 Å². The van der Waals surface area contributed by atoms with Crippen LogP contribution in [-0.2, 0) is 10.2 Å². The lowest BCUT2D eigenvalue weighted by Gasteiger charge is -2.12. The summed E-state index contributed by atoms with van der Waals surface area (Å²) < 4.78 is 5.49. The van der Waals surface area contributed by atoms with Crippen molar-refractivity contribution < 1.29 is 9.90 Å². The average molecular weight is 247 g/mol. The molecule has 0 unspecified atom stereocenters. The molecule has 1 saturated carbocycles. The molecule has 1 aliphatic carbocycles. The number of fused-ring (bicyclic) bond motifs is 1. The summed E-state index contributed by atoms with van der Waals surface area (Å²) in [5.41, 5.74) is 2.12. The van der Waals surface area contributed by atoms with E-state index in [4.69, 9.17) is 5.11 Å². The normalized spacial score (nSPS) is 17.2. The minimum Gasteiger partial charge on any atom is -0.481 e. The average Bonchev–Trinajstić information content (AvgIpc) is 2.96. The van der Waals surface area contributed by atoms with Crippen molar-refractivity contribution >= 4 is 27.6 Å². The fourth-order valence-corrected chi connectivity index (χ4v) is 3.23. The van der Waals surface area contributed by atoms with Gasteiger partial charge in [-0.3, -0.25) is 4.79 Å². The van der Waals surface area contributed by atoms with Crippen LogP contribution in [0, 0.1) is 6.92 Å². The smallest absolute Gasteiger partial charge is 0.304 e. The molecule has 1 aliphatic rings. The van der Waals surface area contributed by atoms with Crippen LogP contribution in [0.1, 0.15) is 30.5 Å². The van der Waals surface area contributed by atoms with Crippen LogP contribution in [0.15, 0.2) is 18.2 Å². The molecule has 1 aromatic carbocycles. The Bertz CT molecular complexity index is 598. The van der Waals surface area contributed by atoms with Crippen LogP contribution in [-0.4, -0.2) is 15.4 Å². The second kappa shape index (κ2) is 3.53. The molecule has 0 radical (unpaired) electrons. The molecule has 0 spiro atoms. The summed E-state index contributed by atoms with van der Waals surface area (Å²) in [7, 11) is 0. The molecule has 1 heterocycles. The molecule has 3 rings (SSSR count). The molecule has 88 valence electrons. The lowest BCUT2D eigenvalue weighted by Crippen LogP contribution is -2.12. The quantitative estimate of drug-likeness (QED) is 0.906. The topological polar surface area (TPSA) is 50.2 Å². The number of hydrogen-bond donors (Lipinski definition) is 1. The molecule has 1 aromatic heterocycles. The van der Waals surface area contributed by atoms with Crippen molar-refractivity contribution in [3.8, 4) is 0 Å². The lowest BCUT2D eigenvalue weighted by molar-refractivity contribution is -0.137. The molecule has 17 heavy (non-hydrogen) atoms. The number of aryl methyl sites for hydroxylation is 1. The molecule has 0 aliphatic heterocycles. The van der Waals surface area contributed by atoms with Gasteiger partial charge in [0.1, 0.15) is 0 Å². The van der Waals surface area contributed by atoms with Gasteiger partial charge >= 0.3 is 5.97 Å². The largest absolute Gasteiger partial charge is 0.481 e. The maximum atomic E-state index is 10.9. The van der Waals surface area contributed by atoms with Crippen molar-refractivity contribution in [2.75, 3.05) is 0 Å². The van der Waals surface area contributed by atoms with Crippen LogP contribution in [0.5, 0.6) is 0 Å². The molecule has 1 fully saturated rings. The van der Waals surface area contributed by atoms with Crippen LogP contribution in [0.3, 0.4) is 0 Å². The maximum absolute atomic E-state index is 10.9. The molecule has 2 aromatic rings. The maximum Gasteiger partial charge on any atom is 0.304 e. The molecule has 0 atom stereocenters. The number of rotatable bonds is 3. The number of aliphatic carboxylic acids is 1. The number of carboxylic acids is 1. The fraction of sp³-hybridized carbons (Fsp3) is 0.385. The van der Waals surface area contributed by atoms with E-state index in [0.29, 0.717) is 0 Å². The van der Waals surface area contributed by atoms with Gasteiger partial charge in [-0.15, -0.1) is 0 Å². The predicted molar refractivity (Wildman–Crippen MR) is 67.5 cm³/mol. The Hall–Kier alpha value is -1.42. The highest BCUT2D eigenvalue weighted by Crippen LogP contribution is 2.51. The standard InChI is InChI=1S/C13H13NO2S/c1-8-10-3-2-9(6-11(10)17-14-8)13(4-5-13)7-12(15)16/h2-3,6H,4-5,7H2,1H3,(H,15,16). The zero-order valence-electron chi connectivity index (χ0n) is 9.56. The Morgan fingerprint density at radius 1 is 1.53 bits per heavy atom. The van der Waals surface area contributed by atoms with E-state index in [1.807, 2.05) is 6.92 Å². The van der Waals surface area contributed by atoms with E-state index in [-0.39, 0.29) is 11.8 Å². The first-order valence-electron chi connectivity index (χ1n) is 5.69. The first kappa shape index (κ1) is 10.7. The highest BCUT2D eigenvalue weighted by Gasteiger charge is 2.46. The van der Waals surface area contributed by atoms with Crippen molar-refractivity contribution in [3.63, 3.8) is 0 Å². The van der Waals surface area contributed by atoms with Gasteiger partial charge in [-0.25, -0.2) is 0 Å². The Morgan fingerprint density at radius 2 is 2.29 bits per heavy atom. The van der Waals surface area contributed by atoms with E-state index in [1.165, 1.54) is 16.9 Å². The Labute approximate surface area is 103 Å². The molecule has 4 heteroatoms. The molecule has 0 bridgehead atoms. The highest BCUT2D eigenvalue weighted by molar-refractivity contribution is 7.13. The van der Waals surface area contributed by atoms with Crippen LogP contribution in [0.4, 0.5) is 0 Å². The SMILES string of the molecule is Cc1nsc2cc(C3(CC(=O)O)CC3)ccc12. The summed E-state index contributed by atoms with van der Waals surface area (Å²) in [6.45, 7) is 2.00. The number of nitrogens with zero attached hydrogens (tertiary/aromatic N) is 1. The van der Waals surface area contributed by atoms with Gasteiger partial charge < -0.3 is 5.11 Å². The third kappa shape index (κ3) is 1.72. The van der Waals surface area contributed by atoms with Gasteiger partial charge in [-0.1, -0.05) is 12.1 Å². The van der Waals surface area contributed by atoms with E-state index in [9.17, 15) is 4.79 Å².